The van der Waals surface area contributed by atoms with Crippen LogP contribution in [0.3, 0.4) is 0 Å². The average Bonchev–Trinajstić information content (AvgIpc) is 3.32. The highest BCUT2D eigenvalue weighted by atomic mass is 79.9. The fourth-order valence-corrected chi connectivity index (χ4v) is 4.32. The van der Waals surface area contributed by atoms with E-state index in [1.165, 1.54) is 23.1 Å². The summed E-state index contributed by atoms with van der Waals surface area (Å²) in [5.74, 6) is -0.880. The number of carbonyl (C=O) groups is 1. The van der Waals surface area contributed by atoms with Crippen molar-refractivity contribution in [2.24, 2.45) is 0 Å². The zero-order valence-electron chi connectivity index (χ0n) is 16.0. The highest BCUT2D eigenvalue weighted by Crippen LogP contribution is 2.47. The fourth-order valence-electron chi connectivity index (χ4n) is 3.92. The molecule has 0 bridgehead atoms. The molecule has 0 spiro atoms. The first-order chi connectivity index (χ1) is 14.9. The van der Waals surface area contributed by atoms with Crippen molar-refractivity contribution in [2.75, 3.05) is 4.90 Å². The summed E-state index contributed by atoms with van der Waals surface area (Å²) in [7, 11) is 0. The number of hydrogen-bond acceptors (Lipinski definition) is 5. The lowest BCUT2D eigenvalue weighted by Gasteiger charge is -2.28. The number of aliphatic hydroxyl groups excluding tert-OH is 1. The highest BCUT2D eigenvalue weighted by molar-refractivity contribution is 9.10. The van der Waals surface area contributed by atoms with E-state index in [4.69, 9.17) is 0 Å². The Balaban J connectivity index is 1.73. The highest BCUT2D eigenvalue weighted by Gasteiger charge is 2.42. The van der Waals surface area contributed by atoms with Gasteiger partial charge in [-0.3, -0.25) is 9.69 Å². The van der Waals surface area contributed by atoms with Gasteiger partial charge in [-0.15, -0.1) is 0 Å². The zero-order valence-corrected chi connectivity index (χ0v) is 17.5. The summed E-state index contributed by atoms with van der Waals surface area (Å²) in [6, 6.07) is 16.0. The molecule has 1 aromatic heterocycles. The molecule has 3 aromatic carbocycles. The maximum atomic E-state index is 13.3. The van der Waals surface area contributed by atoms with Crippen LogP contribution < -0.4 is 4.90 Å². The third kappa shape index (κ3) is 3.12. The van der Waals surface area contributed by atoms with Crippen LogP contribution in [0.5, 0.6) is 11.5 Å². The van der Waals surface area contributed by atoms with Gasteiger partial charge in [0.25, 0.3) is 5.91 Å². The average molecular weight is 478 g/mol. The van der Waals surface area contributed by atoms with E-state index in [0.717, 1.165) is 11.0 Å². The molecular formula is C23H16BrN3O4. The smallest absolute Gasteiger partial charge is 0.294 e. The van der Waals surface area contributed by atoms with Crippen molar-refractivity contribution >= 4 is 44.1 Å². The Morgan fingerprint density at radius 3 is 2.61 bits per heavy atom. The molecule has 0 saturated heterocycles. The number of nitrogens with one attached hydrogen (secondary N) is 1. The molecule has 1 aliphatic rings. The second-order valence-corrected chi connectivity index (χ2v) is 8.06. The van der Waals surface area contributed by atoms with E-state index < -0.39 is 17.7 Å². The first-order valence-corrected chi connectivity index (χ1v) is 10.2. The maximum Gasteiger partial charge on any atom is 0.294 e. The lowest BCUT2D eigenvalue weighted by atomic mass is 9.93. The maximum absolute atomic E-state index is 13.3. The Bertz CT molecular complexity index is 1380. The number of hydrogen-bond donors (Lipinski definition) is 4. The number of phenols is 2. The zero-order chi connectivity index (χ0) is 21.7. The third-order valence-electron chi connectivity index (χ3n) is 5.33. The number of halogens is 1. The van der Waals surface area contributed by atoms with Gasteiger partial charge in [-0.05, 0) is 69.5 Å². The number of nitrogens with zero attached hydrogens (tertiary/aromatic N) is 2. The van der Waals surface area contributed by atoms with Crippen molar-refractivity contribution < 1.29 is 20.1 Å². The molecule has 4 N–H and O–H groups in total. The number of amides is 1. The number of rotatable bonds is 3. The van der Waals surface area contributed by atoms with Crippen LogP contribution in [-0.2, 0) is 4.79 Å². The van der Waals surface area contributed by atoms with Crippen molar-refractivity contribution in [3.05, 3.63) is 88.3 Å². The summed E-state index contributed by atoms with van der Waals surface area (Å²) in [6.45, 7) is 0. The fraction of sp³-hybridized carbons (Fsp3) is 0.0435. The molecule has 8 heteroatoms. The number of aromatic amines is 1. The number of benzene rings is 3. The molecule has 0 unspecified atom stereocenters. The van der Waals surface area contributed by atoms with Crippen LogP contribution in [0.25, 0.3) is 16.6 Å². The van der Waals surface area contributed by atoms with E-state index in [1.54, 1.807) is 48.8 Å². The number of aliphatic hydroxyl groups is 1. The number of carbonyl (C=O) groups excluding carboxylic acids is 1. The van der Waals surface area contributed by atoms with E-state index in [0.29, 0.717) is 26.9 Å². The minimum atomic E-state index is -0.688. The van der Waals surface area contributed by atoms with Gasteiger partial charge in [0.1, 0.15) is 11.5 Å². The van der Waals surface area contributed by atoms with Crippen LogP contribution in [0.2, 0.25) is 0 Å². The van der Waals surface area contributed by atoms with Crippen LogP contribution in [0.4, 0.5) is 5.69 Å². The quantitative estimate of drug-likeness (QED) is 0.339. The van der Waals surface area contributed by atoms with Crippen LogP contribution in [0.1, 0.15) is 17.2 Å². The van der Waals surface area contributed by atoms with Crippen LogP contribution in [0.15, 0.2) is 77.2 Å². The number of fused-ring (bicyclic) bond motifs is 1. The molecule has 154 valence electrons. The minimum Gasteiger partial charge on any atom is -0.508 e. The van der Waals surface area contributed by atoms with Gasteiger partial charge in [-0.1, -0.05) is 18.2 Å². The minimum absolute atomic E-state index is 0.0215. The molecular weight excluding hydrogens is 462 g/mol. The third-order valence-corrected chi connectivity index (χ3v) is 5.97. The first kappa shape index (κ1) is 19.2. The Labute approximate surface area is 185 Å². The molecule has 0 saturated carbocycles. The molecule has 1 aliphatic heterocycles. The second-order valence-electron chi connectivity index (χ2n) is 7.21. The Kier molecular flexibility index (Phi) is 4.44. The van der Waals surface area contributed by atoms with Gasteiger partial charge >= 0.3 is 0 Å². The molecule has 31 heavy (non-hydrogen) atoms. The van der Waals surface area contributed by atoms with E-state index in [-0.39, 0.29) is 11.5 Å². The van der Waals surface area contributed by atoms with Gasteiger partial charge in [0.05, 0.1) is 27.9 Å². The van der Waals surface area contributed by atoms with Gasteiger partial charge in [0, 0.05) is 11.3 Å². The number of imidazole rings is 1. The van der Waals surface area contributed by atoms with Crippen molar-refractivity contribution in [1.29, 1.82) is 0 Å². The summed E-state index contributed by atoms with van der Waals surface area (Å²) in [6.07, 6.45) is 1.57. The number of anilines is 1. The van der Waals surface area contributed by atoms with Gasteiger partial charge in [0.2, 0.25) is 0 Å². The molecule has 7 nitrogen and oxygen atoms in total. The summed E-state index contributed by atoms with van der Waals surface area (Å²) in [5, 5.41) is 30.8. The van der Waals surface area contributed by atoms with Crippen molar-refractivity contribution in [3.8, 4) is 11.5 Å². The monoisotopic (exact) mass is 477 g/mol. The standard InChI is InChI=1S/C23H16BrN3O4/c24-16-9-13(4-7-19(16)29)21-20(12-2-1-3-15(28)8-12)22(30)23(31)27(21)14-5-6-17-18(10-14)26-11-25-17/h1-11,21,28-30H,(H,25,26)/t21-/m1/s1. The summed E-state index contributed by atoms with van der Waals surface area (Å²) in [4.78, 5) is 22.0. The molecule has 1 amide bonds. The van der Waals surface area contributed by atoms with Crippen molar-refractivity contribution in [3.63, 3.8) is 0 Å². The summed E-state index contributed by atoms with van der Waals surface area (Å²) < 4.78 is 0.461. The van der Waals surface area contributed by atoms with Gasteiger partial charge < -0.3 is 20.3 Å². The number of H-pyrrole nitrogens is 1. The topological polar surface area (TPSA) is 110 Å². The molecule has 0 fully saturated rings. The van der Waals surface area contributed by atoms with Gasteiger partial charge in [0.15, 0.2) is 5.76 Å². The first-order valence-electron chi connectivity index (χ1n) is 9.41. The van der Waals surface area contributed by atoms with Crippen molar-refractivity contribution in [2.45, 2.75) is 6.04 Å². The Morgan fingerprint density at radius 1 is 1.00 bits per heavy atom. The Hall–Kier alpha value is -3.78. The van der Waals surface area contributed by atoms with Crippen molar-refractivity contribution in [1.82, 2.24) is 9.97 Å². The lowest BCUT2D eigenvalue weighted by molar-refractivity contribution is -0.117. The molecule has 2 heterocycles. The number of aromatic nitrogens is 2. The Morgan fingerprint density at radius 2 is 1.84 bits per heavy atom. The summed E-state index contributed by atoms with van der Waals surface area (Å²) >= 11 is 3.33. The number of phenolic OH excluding ortho intramolecular Hbond substituents is 2. The van der Waals surface area contributed by atoms with Crippen LogP contribution in [0, 0.1) is 0 Å². The van der Waals surface area contributed by atoms with E-state index >= 15 is 0 Å². The molecule has 0 aliphatic carbocycles. The SMILES string of the molecule is O=C1C(O)=C(c2cccc(O)c2)[C@@H](c2ccc(O)c(Br)c2)N1c1ccc2nc[nH]c2c1. The van der Waals surface area contributed by atoms with Crippen LogP contribution in [-0.4, -0.2) is 31.2 Å². The molecule has 5 rings (SSSR count). The summed E-state index contributed by atoms with van der Waals surface area (Å²) in [5.41, 5.74) is 3.63. The van der Waals surface area contributed by atoms with Crippen LogP contribution >= 0.6 is 15.9 Å². The van der Waals surface area contributed by atoms with E-state index in [1.807, 2.05) is 0 Å². The van der Waals surface area contributed by atoms with E-state index in [9.17, 15) is 20.1 Å². The predicted octanol–water partition coefficient (Wildman–Crippen LogP) is 4.79. The lowest BCUT2D eigenvalue weighted by Crippen LogP contribution is -2.30. The molecule has 4 aromatic rings. The molecule has 1 atom stereocenters. The second kappa shape index (κ2) is 7.17. The van der Waals surface area contributed by atoms with E-state index in [2.05, 4.69) is 25.9 Å². The predicted molar refractivity (Wildman–Crippen MR) is 120 cm³/mol. The van der Waals surface area contributed by atoms with Gasteiger partial charge in [-0.25, -0.2) is 4.98 Å². The largest absolute Gasteiger partial charge is 0.508 e. The number of aromatic hydroxyl groups is 2. The van der Waals surface area contributed by atoms with Gasteiger partial charge in [-0.2, -0.15) is 0 Å². The normalized spacial score (nSPS) is 16.5. The molecule has 0 radical (unpaired) electrons.